The molecular weight excluding hydrogens is 250 g/mol. The van der Waals surface area contributed by atoms with Gasteiger partial charge >= 0.3 is 0 Å². The minimum atomic E-state index is -0.377. The van der Waals surface area contributed by atoms with E-state index in [1.165, 1.54) is 32.5 Å². The Labute approximate surface area is 123 Å². The molecule has 0 bridgehead atoms. The van der Waals surface area contributed by atoms with Gasteiger partial charge < -0.3 is 15.5 Å². The van der Waals surface area contributed by atoms with Crippen molar-refractivity contribution in [2.24, 2.45) is 17.1 Å². The normalized spacial score (nSPS) is 24.1. The van der Waals surface area contributed by atoms with Gasteiger partial charge in [0, 0.05) is 19.6 Å². The van der Waals surface area contributed by atoms with Crippen LogP contribution in [0.5, 0.6) is 0 Å². The maximum atomic E-state index is 12.4. The maximum absolute atomic E-state index is 12.4. The first-order valence-corrected chi connectivity index (χ1v) is 8.14. The molecule has 2 heterocycles. The molecule has 20 heavy (non-hydrogen) atoms. The summed E-state index contributed by atoms with van der Waals surface area (Å²) in [7, 11) is 0. The van der Waals surface area contributed by atoms with Crippen molar-refractivity contribution in [3.05, 3.63) is 0 Å². The molecule has 0 aromatic carbocycles. The van der Waals surface area contributed by atoms with Crippen LogP contribution < -0.4 is 5.73 Å². The summed E-state index contributed by atoms with van der Waals surface area (Å²) in [5.41, 5.74) is 5.94. The molecule has 0 aromatic heterocycles. The molecular formula is C16H31N3O. The van der Waals surface area contributed by atoms with Crippen molar-refractivity contribution in [3.8, 4) is 0 Å². The van der Waals surface area contributed by atoms with E-state index in [1.54, 1.807) is 0 Å². The molecule has 2 rings (SSSR count). The van der Waals surface area contributed by atoms with Crippen LogP contribution in [0.4, 0.5) is 0 Å². The summed E-state index contributed by atoms with van der Waals surface area (Å²) in [6, 6.07) is -0.377. The quantitative estimate of drug-likeness (QED) is 0.856. The smallest absolute Gasteiger partial charge is 0.240 e. The highest BCUT2D eigenvalue weighted by atomic mass is 16.2. The maximum Gasteiger partial charge on any atom is 0.240 e. The van der Waals surface area contributed by atoms with Gasteiger partial charge in [0.15, 0.2) is 0 Å². The Hall–Kier alpha value is -0.610. The molecule has 2 aliphatic rings. The van der Waals surface area contributed by atoms with Gasteiger partial charge in [0.25, 0.3) is 0 Å². The summed E-state index contributed by atoms with van der Waals surface area (Å²) in [6.07, 6.45) is 4.99. The van der Waals surface area contributed by atoms with E-state index in [4.69, 9.17) is 5.73 Å². The third kappa shape index (κ3) is 3.95. The van der Waals surface area contributed by atoms with Crippen molar-refractivity contribution < 1.29 is 4.79 Å². The molecule has 116 valence electrons. The number of nitrogens with two attached hydrogens (primary N) is 1. The van der Waals surface area contributed by atoms with Crippen LogP contribution in [0.25, 0.3) is 0 Å². The second-order valence-electron chi connectivity index (χ2n) is 7.62. The lowest BCUT2D eigenvalue weighted by Gasteiger charge is -2.37. The summed E-state index contributed by atoms with van der Waals surface area (Å²) in [5, 5.41) is 0. The van der Waals surface area contributed by atoms with Crippen LogP contribution in [0.15, 0.2) is 0 Å². The molecule has 2 aliphatic heterocycles. The van der Waals surface area contributed by atoms with Crippen LogP contribution in [-0.2, 0) is 4.79 Å². The van der Waals surface area contributed by atoms with E-state index in [9.17, 15) is 4.79 Å². The predicted molar refractivity (Wildman–Crippen MR) is 82.4 cm³/mol. The van der Waals surface area contributed by atoms with E-state index in [0.717, 1.165) is 31.8 Å². The van der Waals surface area contributed by atoms with Gasteiger partial charge in [-0.05, 0) is 50.1 Å². The van der Waals surface area contributed by atoms with Crippen molar-refractivity contribution >= 4 is 5.91 Å². The lowest BCUT2D eigenvalue weighted by molar-refractivity contribution is -0.136. The van der Waals surface area contributed by atoms with Gasteiger partial charge in [-0.25, -0.2) is 0 Å². The largest absolute Gasteiger partial charge is 0.341 e. The summed E-state index contributed by atoms with van der Waals surface area (Å²) >= 11 is 0. The molecule has 4 heteroatoms. The minimum absolute atomic E-state index is 0.136. The highest BCUT2D eigenvalue weighted by Crippen LogP contribution is 2.24. The number of rotatable bonds is 3. The van der Waals surface area contributed by atoms with Gasteiger partial charge in [-0.2, -0.15) is 0 Å². The van der Waals surface area contributed by atoms with Crippen molar-refractivity contribution in [3.63, 3.8) is 0 Å². The zero-order chi connectivity index (χ0) is 14.8. The first kappa shape index (κ1) is 15.8. The number of carbonyl (C=O) groups excluding carboxylic acids is 1. The SMILES string of the molecule is CC(C)(C)[C@H](N)C(=O)N1CCC(CN2CCCC2)CC1. The van der Waals surface area contributed by atoms with Crippen molar-refractivity contribution in [1.82, 2.24) is 9.80 Å². The van der Waals surface area contributed by atoms with Crippen LogP contribution in [0, 0.1) is 11.3 Å². The Morgan fingerprint density at radius 1 is 1.15 bits per heavy atom. The van der Waals surface area contributed by atoms with Gasteiger partial charge in [-0.1, -0.05) is 20.8 Å². The molecule has 2 N–H and O–H groups in total. The Balaban J connectivity index is 1.77. The van der Waals surface area contributed by atoms with E-state index in [0.29, 0.717) is 0 Å². The fraction of sp³-hybridized carbons (Fsp3) is 0.938. The van der Waals surface area contributed by atoms with E-state index < -0.39 is 0 Å². The van der Waals surface area contributed by atoms with Crippen LogP contribution in [0.3, 0.4) is 0 Å². The average Bonchev–Trinajstić information content (AvgIpc) is 2.90. The van der Waals surface area contributed by atoms with Gasteiger partial charge in [0.2, 0.25) is 5.91 Å². The molecule has 2 saturated heterocycles. The van der Waals surface area contributed by atoms with Crippen molar-refractivity contribution in [2.75, 3.05) is 32.7 Å². The zero-order valence-corrected chi connectivity index (χ0v) is 13.4. The highest BCUT2D eigenvalue weighted by Gasteiger charge is 2.33. The molecule has 0 saturated carbocycles. The van der Waals surface area contributed by atoms with E-state index >= 15 is 0 Å². The summed E-state index contributed by atoms with van der Waals surface area (Å²) < 4.78 is 0. The lowest BCUT2D eigenvalue weighted by Crippen LogP contribution is -2.52. The first-order valence-electron chi connectivity index (χ1n) is 8.14. The monoisotopic (exact) mass is 281 g/mol. The lowest BCUT2D eigenvalue weighted by atomic mass is 9.86. The average molecular weight is 281 g/mol. The van der Waals surface area contributed by atoms with Crippen LogP contribution in [0.1, 0.15) is 46.5 Å². The number of hydrogen-bond donors (Lipinski definition) is 1. The molecule has 0 spiro atoms. The predicted octanol–water partition coefficient (Wildman–Crippen LogP) is 1.69. The Bertz CT molecular complexity index is 323. The van der Waals surface area contributed by atoms with E-state index in [2.05, 4.69) is 4.90 Å². The van der Waals surface area contributed by atoms with Gasteiger partial charge in [-0.15, -0.1) is 0 Å². The van der Waals surface area contributed by atoms with Crippen LogP contribution >= 0.6 is 0 Å². The Kier molecular flexibility index (Phi) is 5.08. The zero-order valence-electron chi connectivity index (χ0n) is 13.4. The Morgan fingerprint density at radius 2 is 1.70 bits per heavy atom. The number of likely N-dealkylation sites (tertiary alicyclic amines) is 2. The minimum Gasteiger partial charge on any atom is -0.341 e. The van der Waals surface area contributed by atoms with Gasteiger partial charge in [-0.3, -0.25) is 4.79 Å². The van der Waals surface area contributed by atoms with Crippen molar-refractivity contribution in [1.29, 1.82) is 0 Å². The third-order valence-corrected chi connectivity index (χ3v) is 4.84. The van der Waals surface area contributed by atoms with Gasteiger partial charge in [0.1, 0.15) is 0 Å². The number of piperidine rings is 1. The molecule has 0 aromatic rings. The van der Waals surface area contributed by atoms with E-state index in [-0.39, 0.29) is 17.4 Å². The molecule has 1 amide bonds. The van der Waals surface area contributed by atoms with E-state index in [1.807, 2.05) is 25.7 Å². The number of nitrogens with zero attached hydrogens (tertiary/aromatic N) is 2. The summed E-state index contributed by atoms with van der Waals surface area (Å²) in [6.45, 7) is 11.7. The molecule has 0 unspecified atom stereocenters. The fourth-order valence-electron chi connectivity index (χ4n) is 3.23. The van der Waals surface area contributed by atoms with Crippen LogP contribution in [-0.4, -0.2) is 54.5 Å². The van der Waals surface area contributed by atoms with Crippen LogP contribution in [0.2, 0.25) is 0 Å². The Morgan fingerprint density at radius 3 is 2.20 bits per heavy atom. The first-order chi connectivity index (χ1) is 9.38. The number of carbonyl (C=O) groups is 1. The van der Waals surface area contributed by atoms with Crippen molar-refractivity contribution in [2.45, 2.75) is 52.5 Å². The molecule has 2 fully saturated rings. The number of amides is 1. The second-order valence-corrected chi connectivity index (χ2v) is 7.62. The fourth-order valence-corrected chi connectivity index (χ4v) is 3.23. The summed E-state index contributed by atoms with van der Waals surface area (Å²) in [4.78, 5) is 17.0. The molecule has 4 nitrogen and oxygen atoms in total. The molecule has 0 aliphatic carbocycles. The highest BCUT2D eigenvalue weighted by molar-refractivity contribution is 5.82. The van der Waals surface area contributed by atoms with Gasteiger partial charge in [0.05, 0.1) is 6.04 Å². The molecule has 1 atom stereocenters. The summed E-state index contributed by atoms with van der Waals surface area (Å²) in [5.74, 6) is 0.903. The second kappa shape index (κ2) is 6.44. The molecule has 0 radical (unpaired) electrons. The topological polar surface area (TPSA) is 49.6 Å². The standard InChI is InChI=1S/C16H31N3O/c1-16(2,3)14(17)15(20)19-10-6-13(7-11-19)12-18-8-4-5-9-18/h13-14H,4-12,17H2,1-3H3/t14-/m1/s1. The third-order valence-electron chi connectivity index (χ3n) is 4.84. The number of hydrogen-bond acceptors (Lipinski definition) is 3.